The molecule has 2 amide bonds. The Hall–Kier alpha value is -6.11. The maximum Gasteiger partial charge on any atom is 0.329 e. The Kier molecular flexibility index (Phi) is 15.1. The molecule has 6 rings (SSSR count). The first-order valence-corrected chi connectivity index (χ1v) is 20.6. The zero-order chi connectivity index (χ0) is 39.7. The third-order valence-electron chi connectivity index (χ3n) is 8.54. The minimum atomic E-state index is -0.980. The van der Waals surface area contributed by atoms with Crippen molar-refractivity contribution in [2.75, 3.05) is 11.5 Å². The molecule has 290 valence electrons. The summed E-state index contributed by atoms with van der Waals surface area (Å²) in [7, 11) is 0. The fourth-order valence-corrected chi connectivity index (χ4v) is 7.53. The summed E-state index contributed by atoms with van der Waals surface area (Å²) in [6.45, 7) is -0.655. The van der Waals surface area contributed by atoms with Gasteiger partial charge in [-0.15, -0.1) is 0 Å². The normalized spacial score (nSPS) is 11.9. The van der Waals surface area contributed by atoms with Crippen LogP contribution in [-0.4, -0.2) is 52.3 Å². The van der Waals surface area contributed by atoms with Crippen LogP contribution in [0.1, 0.15) is 43.3 Å². The first kappa shape index (κ1) is 40.6. The number of hydrogen-bond acceptors (Lipinski definition) is 10. The molecule has 2 N–H and O–H groups in total. The Morgan fingerprint density at radius 3 is 1.40 bits per heavy atom. The Labute approximate surface area is 339 Å². The highest BCUT2D eigenvalue weighted by molar-refractivity contribution is 7.98. The van der Waals surface area contributed by atoms with Crippen molar-refractivity contribution in [1.29, 1.82) is 0 Å². The molecule has 0 bridgehead atoms. The number of ether oxygens (including phenoxy) is 2. The Morgan fingerprint density at radius 1 is 0.544 bits per heavy atom. The van der Waals surface area contributed by atoms with Crippen molar-refractivity contribution in [1.82, 2.24) is 15.6 Å². The topological polar surface area (TPSA) is 137 Å². The smallest absolute Gasteiger partial charge is 0.329 e. The summed E-state index contributed by atoms with van der Waals surface area (Å²) in [6.07, 6.45) is 0. The fraction of sp³-hybridized carbons (Fsp3) is 0.178. The van der Waals surface area contributed by atoms with Crippen LogP contribution in [0.4, 0.5) is 0 Å². The second kappa shape index (κ2) is 21.3. The monoisotopic (exact) mass is 799 g/mol. The lowest BCUT2D eigenvalue weighted by Gasteiger charge is -2.18. The van der Waals surface area contributed by atoms with Gasteiger partial charge < -0.3 is 24.5 Å². The Morgan fingerprint density at radius 2 is 0.947 bits per heavy atom. The van der Waals surface area contributed by atoms with Gasteiger partial charge in [-0.3, -0.25) is 9.59 Å². The van der Waals surface area contributed by atoms with E-state index in [1.54, 1.807) is 60.7 Å². The van der Waals surface area contributed by atoms with Crippen LogP contribution in [0, 0.1) is 0 Å². The fourth-order valence-electron chi connectivity index (χ4n) is 5.53. The van der Waals surface area contributed by atoms with E-state index in [9.17, 15) is 19.2 Å². The van der Waals surface area contributed by atoms with Crippen molar-refractivity contribution in [3.8, 4) is 11.5 Å². The van der Waals surface area contributed by atoms with Gasteiger partial charge in [0.05, 0.1) is 0 Å². The van der Waals surface area contributed by atoms with E-state index < -0.39 is 35.8 Å². The van der Waals surface area contributed by atoms with Crippen LogP contribution in [-0.2, 0) is 43.8 Å². The van der Waals surface area contributed by atoms with E-state index in [2.05, 4.69) is 15.6 Å². The number of nitrogens with one attached hydrogen (secondary N) is 2. The molecule has 0 radical (unpaired) electrons. The van der Waals surface area contributed by atoms with E-state index in [1.807, 2.05) is 91.0 Å². The van der Waals surface area contributed by atoms with Crippen molar-refractivity contribution in [2.24, 2.45) is 0 Å². The van der Waals surface area contributed by atoms with Crippen molar-refractivity contribution in [2.45, 2.75) is 36.8 Å². The number of nitrogens with zero attached hydrogens (tertiary/aromatic N) is 1. The summed E-state index contributed by atoms with van der Waals surface area (Å²) >= 11 is 2.97. The molecule has 0 unspecified atom stereocenters. The van der Waals surface area contributed by atoms with E-state index in [1.165, 1.54) is 23.5 Å². The van der Waals surface area contributed by atoms with Gasteiger partial charge in [0.15, 0.2) is 12.4 Å². The lowest BCUT2D eigenvalue weighted by Crippen LogP contribution is -2.43. The van der Waals surface area contributed by atoms with Crippen molar-refractivity contribution in [3.63, 3.8) is 0 Å². The van der Waals surface area contributed by atoms with Gasteiger partial charge >= 0.3 is 11.9 Å². The molecule has 1 heterocycles. The summed E-state index contributed by atoms with van der Waals surface area (Å²) in [5.41, 5.74) is 3.88. The molecule has 0 fully saturated rings. The van der Waals surface area contributed by atoms with Gasteiger partial charge in [0.2, 0.25) is 5.89 Å². The maximum absolute atomic E-state index is 13.7. The summed E-state index contributed by atoms with van der Waals surface area (Å²) in [5.74, 6) is 0.0247. The molecule has 57 heavy (non-hydrogen) atoms. The summed E-state index contributed by atoms with van der Waals surface area (Å²) in [5, 5.41) is 5.65. The SMILES string of the molecule is O=C(N[C@@H](CSCc1ccccc1)C(=O)OCc1nc(-c2ccccc2)oc1COC(=O)[C@@H](CSCc1ccccc1)NC(=O)c1ccccc1)c1ccccc1. The Balaban J connectivity index is 1.15. The van der Waals surface area contributed by atoms with Crippen LogP contribution >= 0.6 is 23.5 Å². The minimum absolute atomic E-state index is 0.170. The molecule has 6 aromatic rings. The van der Waals surface area contributed by atoms with Gasteiger partial charge in [-0.2, -0.15) is 23.5 Å². The number of aromatic nitrogens is 1. The second-order valence-electron chi connectivity index (χ2n) is 12.8. The number of esters is 2. The van der Waals surface area contributed by atoms with Crippen LogP contribution in [0.25, 0.3) is 11.5 Å². The van der Waals surface area contributed by atoms with Crippen molar-refractivity contribution < 1.29 is 33.1 Å². The zero-order valence-corrected chi connectivity index (χ0v) is 32.6. The number of amides is 2. The molecule has 0 saturated carbocycles. The molecule has 0 spiro atoms. The van der Waals surface area contributed by atoms with Gasteiger partial charge in [0.1, 0.15) is 24.4 Å². The lowest BCUT2D eigenvalue weighted by molar-refractivity contribution is -0.148. The highest BCUT2D eigenvalue weighted by atomic mass is 32.2. The molecule has 0 saturated heterocycles. The van der Waals surface area contributed by atoms with Crippen LogP contribution in [0.3, 0.4) is 0 Å². The van der Waals surface area contributed by atoms with Crippen molar-refractivity contribution >= 4 is 47.3 Å². The van der Waals surface area contributed by atoms with Crippen LogP contribution in [0.15, 0.2) is 156 Å². The predicted octanol–water partition coefficient (Wildman–Crippen LogP) is 7.89. The van der Waals surface area contributed by atoms with E-state index in [0.29, 0.717) is 28.2 Å². The average Bonchev–Trinajstić information content (AvgIpc) is 3.68. The molecule has 2 atom stereocenters. The van der Waals surface area contributed by atoms with Gasteiger partial charge in [-0.1, -0.05) is 115 Å². The number of rotatable bonds is 19. The highest BCUT2D eigenvalue weighted by Crippen LogP contribution is 2.24. The predicted molar refractivity (Wildman–Crippen MR) is 222 cm³/mol. The standard InChI is InChI=1S/C45H41N3O7S2/c49-41(34-20-10-3-11-21-34)46-38(30-56-28-32-16-6-1-7-17-32)44(51)53-26-37-40(55-43(48-37)36-24-14-5-15-25-36)27-54-45(52)39(31-57-29-33-18-8-2-9-19-33)47-42(50)35-22-12-4-13-23-35/h1-25,38-39H,26-31H2,(H,46,49)(H,47,50)/t38-,39+/m0/s1. The largest absolute Gasteiger partial charge is 0.457 e. The van der Waals surface area contributed by atoms with E-state index >= 15 is 0 Å². The number of carbonyl (C=O) groups is 4. The molecule has 0 aliphatic heterocycles. The van der Waals surface area contributed by atoms with Gasteiger partial charge in [-0.05, 0) is 47.5 Å². The first-order chi connectivity index (χ1) is 27.9. The van der Waals surface area contributed by atoms with Crippen molar-refractivity contribution in [3.05, 3.63) is 185 Å². The van der Waals surface area contributed by atoms with Gasteiger partial charge in [0, 0.05) is 39.7 Å². The third kappa shape index (κ3) is 12.4. The Bertz CT molecular complexity index is 2050. The second-order valence-corrected chi connectivity index (χ2v) is 14.8. The van der Waals surface area contributed by atoms with Gasteiger partial charge in [0.25, 0.3) is 11.8 Å². The van der Waals surface area contributed by atoms with E-state index in [4.69, 9.17) is 13.9 Å². The van der Waals surface area contributed by atoms with Gasteiger partial charge in [-0.25, -0.2) is 14.6 Å². The van der Waals surface area contributed by atoms with E-state index in [-0.39, 0.29) is 42.1 Å². The zero-order valence-electron chi connectivity index (χ0n) is 31.0. The number of carbonyl (C=O) groups excluding carboxylic acids is 4. The average molecular weight is 800 g/mol. The number of hydrogen-bond donors (Lipinski definition) is 2. The highest BCUT2D eigenvalue weighted by Gasteiger charge is 2.27. The first-order valence-electron chi connectivity index (χ1n) is 18.3. The lowest BCUT2D eigenvalue weighted by atomic mass is 10.2. The number of benzene rings is 5. The molecule has 12 heteroatoms. The number of thioether (sulfide) groups is 2. The minimum Gasteiger partial charge on any atom is -0.457 e. The van der Waals surface area contributed by atoms with E-state index in [0.717, 1.165) is 11.1 Å². The molecule has 0 aliphatic carbocycles. The summed E-state index contributed by atoms with van der Waals surface area (Å²) in [4.78, 5) is 58.2. The quantitative estimate of drug-likeness (QED) is 0.0779. The third-order valence-corrected chi connectivity index (χ3v) is 10.8. The summed E-state index contributed by atoms with van der Waals surface area (Å²) < 4.78 is 17.7. The molecule has 0 aliphatic rings. The molecule has 5 aromatic carbocycles. The van der Waals surface area contributed by atoms with Crippen LogP contribution < -0.4 is 10.6 Å². The maximum atomic E-state index is 13.7. The van der Waals surface area contributed by atoms with Crippen LogP contribution in [0.5, 0.6) is 0 Å². The molecular weight excluding hydrogens is 759 g/mol. The number of oxazole rings is 1. The molecule has 10 nitrogen and oxygen atoms in total. The molecular formula is C45H41N3O7S2. The summed E-state index contributed by atoms with van der Waals surface area (Å²) in [6, 6.07) is 44.1. The molecule has 1 aromatic heterocycles. The van der Waals surface area contributed by atoms with Crippen LogP contribution in [0.2, 0.25) is 0 Å².